The SMILES string of the molecule is O=C(O)c1ccc(N2C(=O)C(=Cc3cccc(F)c3)SC2=S)cc1O. The Balaban J connectivity index is 1.94. The molecule has 8 heteroatoms. The number of aromatic hydroxyl groups is 1. The fourth-order valence-corrected chi connectivity index (χ4v) is 3.58. The first kappa shape index (κ1) is 17.1. The summed E-state index contributed by atoms with van der Waals surface area (Å²) >= 11 is 6.24. The van der Waals surface area contributed by atoms with Crippen LogP contribution in [0.1, 0.15) is 15.9 Å². The summed E-state index contributed by atoms with van der Waals surface area (Å²) in [6.45, 7) is 0. The molecule has 1 amide bonds. The van der Waals surface area contributed by atoms with Crippen molar-refractivity contribution in [2.45, 2.75) is 0 Å². The summed E-state index contributed by atoms with van der Waals surface area (Å²) in [4.78, 5) is 25.0. The molecule has 0 atom stereocenters. The van der Waals surface area contributed by atoms with E-state index in [-0.39, 0.29) is 15.6 Å². The van der Waals surface area contributed by atoms with Gasteiger partial charge in [-0.25, -0.2) is 9.18 Å². The topological polar surface area (TPSA) is 77.8 Å². The molecule has 2 aromatic rings. The number of thioether (sulfide) groups is 1. The molecule has 1 heterocycles. The Morgan fingerprint density at radius 3 is 2.64 bits per heavy atom. The van der Waals surface area contributed by atoms with E-state index in [0.717, 1.165) is 11.8 Å². The molecule has 1 aliphatic heterocycles. The van der Waals surface area contributed by atoms with Gasteiger partial charge in [-0.2, -0.15) is 0 Å². The van der Waals surface area contributed by atoms with Gasteiger partial charge in [0, 0.05) is 6.07 Å². The molecular weight excluding hydrogens is 365 g/mol. The number of anilines is 1. The molecule has 5 nitrogen and oxygen atoms in total. The number of amides is 1. The van der Waals surface area contributed by atoms with E-state index in [1.54, 1.807) is 6.07 Å². The first-order valence-electron chi connectivity index (χ1n) is 6.96. The average Bonchev–Trinajstić information content (AvgIpc) is 2.81. The number of carboxylic acids is 1. The summed E-state index contributed by atoms with van der Waals surface area (Å²) in [5.74, 6) is -2.59. The molecule has 1 aliphatic rings. The number of benzene rings is 2. The summed E-state index contributed by atoms with van der Waals surface area (Å²) in [6.07, 6.45) is 1.52. The Labute approximate surface area is 151 Å². The fourth-order valence-electron chi connectivity index (χ4n) is 2.28. The molecule has 2 aromatic carbocycles. The Kier molecular flexibility index (Phi) is 4.56. The quantitative estimate of drug-likeness (QED) is 0.630. The molecule has 0 unspecified atom stereocenters. The van der Waals surface area contributed by atoms with Gasteiger partial charge in [-0.1, -0.05) is 36.1 Å². The Bertz CT molecular complexity index is 942. The van der Waals surface area contributed by atoms with E-state index < -0.39 is 23.4 Å². The zero-order valence-corrected chi connectivity index (χ0v) is 14.1. The Hall–Kier alpha value is -2.71. The van der Waals surface area contributed by atoms with Crippen LogP contribution < -0.4 is 4.90 Å². The van der Waals surface area contributed by atoms with Gasteiger partial charge in [0.05, 0.1) is 10.6 Å². The van der Waals surface area contributed by atoms with Crippen molar-refractivity contribution in [1.82, 2.24) is 0 Å². The molecule has 0 spiro atoms. The van der Waals surface area contributed by atoms with Crippen LogP contribution in [0.15, 0.2) is 47.4 Å². The van der Waals surface area contributed by atoms with Crippen LogP contribution >= 0.6 is 24.0 Å². The number of rotatable bonds is 3. The van der Waals surface area contributed by atoms with Crippen molar-refractivity contribution in [3.8, 4) is 5.75 Å². The third-order valence-corrected chi connectivity index (χ3v) is 4.71. The Morgan fingerprint density at radius 1 is 1.24 bits per heavy atom. The maximum atomic E-state index is 13.3. The van der Waals surface area contributed by atoms with Gasteiger partial charge in [-0.05, 0) is 35.9 Å². The van der Waals surface area contributed by atoms with Gasteiger partial charge in [0.2, 0.25) is 0 Å². The highest BCUT2D eigenvalue weighted by Crippen LogP contribution is 2.37. The highest BCUT2D eigenvalue weighted by Gasteiger charge is 2.33. The van der Waals surface area contributed by atoms with Crippen LogP contribution in [-0.4, -0.2) is 26.4 Å². The molecule has 0 saturated carbocycles. The number of phenols is 1. The van der Waals surface area contributed by atoms with Crippen molar-refractivity contribution >= 4 is 51.9 Å². The zero-order chi connectivity index (χ0) is 18.1. The van der Waals surface area contributed by atoms with Crippen molar-refractivity contribution in [1.29, 1.82) is 0 Å². The number of thiocarbonyl (C=S) groups is 1. The number of hydrogen-bond acceptors (Lipinski definition) is 5. The van der Waals surface area contributed by atoms with E-state index in [4.69, 9.17) is 17.3 Å². The molecule has 1 saturated heterocycles. The summed E-state index contributed by atoms with van der Waals surface area (Å²) in [7, 11) is 0. The lowest BCUT2D eigenvalue weighted by molar-refractivity contribution is -0.113. The molecule has 126 valence electrons. The lowest BCUT2D eigenvalue weighted by atomic mass is 10.1. The van der Waals surface area contributed by atoms with E-state index in [9.17, 15) is 19.1 Å². The number of hydrogen-bond donors (Lipinski definition) is 2. The molecule has 0 bridgehead atoms. The van der Waals surface area contributed by atoms with Gasteiger partial charge in [0.25, 0.3) is 5.91 Å². The zero-order valence-electron chi connectivity index (χ0n) is 12.5. The maximum Gasteiger partial charge on any atom is 0.339 e. The van der Waals surface area contributed by atoms with Gasteiger partial charge in [-0.3, -0.25) is 9.69 Å². The Morgan fingerprint density at radius 2 is 2.00 bits per heavy atom. The van der Waals surface area contributed by atoms with Crippen LogP contribution in [0, 0.1) is 5.82 Å². The van der Waals surface area contributed by atoms with E-state index in [1.165, 1.54) is 47.4 Å². The third-order valence-electron chi connectivity index (χ3n) is 3.41. The number of aromatic carboxylic acids is 1. The molecule has 0 radical (unpaired) electrons. The first-order chi connectivity index (χ1) is 11.9. The van der Waals surface area contributed by atoms with Crippen molar-refractivity contribution in [2.24, 2.45) is 0 Å². The molecule has 3 rings (SSSR count). The van der Waals surface area contributed by atoms with Crippen LogP contribution in [0.3, 0.4) is 0 Å². The van der Waals surface area contributed by atoms with Gasteiger partial charge in [0.1, 0.15) is 17.1 Å². The van der Waals surface area contributed by atoms with E-state index in [1.807, 2.05) is 0 Å². The van der Waals surface area contributed by atoms with Crippen molar-refractivity contribution in [3.05, 3.63) is 64.3 Å². The monoisotopic (exact) mass is 375 g/mol. The van der Waals surface area contributed by atoms with Crippen LogP contribution in [0.25, 0.3) is 6.08 Å². The van der Waals surface area contributed by atoms with E-state index in [2.05, 4.69) is 0 Å². The molecule has 0 aromatic heterocycles. The van der Waals surface area contributed by atoms with E-state index in [0.29, 0.717) is 10.5 Å². The molecule has 25 heavy (non-hydrogen) atoms. The molecule has 0 aliphatic carbocycles. The normalized spacial score (nSPS) is 15.9. The molecular formula is C17H10FNO4S2. The summed E-state index contributed by atoms with van der Waals surface area (Å²) < 4.78 is 13.5. The number of carboxylic acid groups (broad SMARTS) is 1. The lowest BCUT2D eigenvalue weighted by Crippen LogP contribution is -2.27. The molecule has 1 fully saturated rings. The minimum absolute atomic E-state index is 0.232. The minimum Gasteiger partial charge on any atom is -0.507 e. The summed E-state index contributed by atoms with van der Waals surface area (Å²) in [5, 5.41) is 18.7. The summed E-state index contributed by atoms with van der Waals surface area (Å²) in [6, 6.07) is 9.53. The van der Waals surface area contributed by atoms with Gasteiger partial charge < -0.3 is 10.2 Å². The van der Waals surface area contributed by atoms with Gasteiger partial charge in [-0.15, -0.1) is 0 Å². The fraction of sp³-hybridized carbons (Fsp3) is 0. The number of carbonyl (C=O) groups is 2. The van der Waals surface area contributed by atoms with Crippen molar-refractivity contribution in [3.63, 3.8) is 0 Å². The lowest BCUT2D eigenvalue weighted by Gasteiger charge is -2.15. The van der Waals surface area contributed by atoms with Crippen LogP contribution in [-0.2, 0) is 4.79 Å². The number of carbonyl (C=O) groups excluding carboxylic acids is 1. The third kappa shape index (κ3) is 3.40. The second-order valence-corrected chi connectivity index (χ2v) is 6.75. The van der Waals surface area contributed by atoms with Crippen molar-refractivity contribution < 1.29 is 24.2 Å². The largest absolute Gasteiger partial charge is 0.507 e. The predicted octanol–water partition coefficient (Wildman–Crippen LogP) is 3.64. The maximum absolute atomic E-state index is 13.3. The summed E-state index contributed by atoms with van der Waals surface area (Å²) in [5.41, 5.74) is 0.502. The van der Waals surface area contributed by atoms with E-state index >= 15 is 0 Å². The van der Waals surface area contributed by atoms with Gasteiger partial charge in [0.15, 0.2) is 4.32 Å². The highest BCUT2D eigenvalue weighted by molar-refractivity contribution is 8.27. The smallest absolute Gasteiger partial charge is 0.339 e. The second kappa shape index (κ2) is 6.66. The second-order valence-electron chi connectivity index (χ2n) is 5.08. The number of nitrogens with zero attached hydrogens (tertiary/aromatic N) is 1. The van der Waals surface area contributed by atoms with Crippen LogP contribution in [0.4, 0.5) is 10.1 Å². The standard InChI is InChI=1S/C17H10FNO4S2/c18-10-3-1-2-9(6-10)7-14-15(21)19(17(24)25-14)11-4-5-12(16(22)23)13(20)8-11/h1-8,20H,(H,22,23). The predicted molar refractivity (Wildman–Crippen MR) is 97.1 cm³/mol. The number of halogens is 1. The van der Waals surface area contributed by atoms with Gasteiger partial charge >= 0.3 is 5.97 Å². The first-order valence-corrected chi connectivity index (χ1v) is 8.19. The van der Waals surface area contributed by atoms with Crippen molar-refractivity contribution in [2.75, 3.05) is 4.90 Å². The molecule has 2 N–H and O–H groups in total. The average molecular weight is 375 g/mol. The highest BCUT2D eigenvalue weighted by atomic mass is 32.2. The minimum atomic E-state index is -1.28. The van der Waals surface area contributed by atoms with Crippen LogP contribution in [0.2, 0.25) is 0 Å². The van der Waals surface area contributed by atoms with Crippen LogP contribution in [0.5, 0.6) is 5.75 Å².